The van der Waals surface area contributed by atoms with Gasteiger partial charge in [-0.05, 0) is 92.3 Å². The SMILES string of the molecule is C[C@]12CC[C@@H](O)CC1CC[C@@H]1[C@@H]2CC[C@]2(C)C(O)CC[C@@H]12. The van der Waals surface area contributed by atoms with Gasteiger partial charge in [0, 0.05) is 0 Å². The molecule has 0 bridgehead atoms. The Balaban J connectivity index is 1.62. The normalized spacial score (nSPS) is 60.0. The molecule has 0 spiro atoms. The number of hydrogen-bond donors (Lipinski definition) is 2. The van der Waals surface area contributed by atoms with Crippen LogP contribution in [0.4, 0.5) is 0 Å². The van der Waals surface area contributed by atoms with Crippen molar-refractivity contribution in [3.05, 3.63) is 0 Å². The molecule has 2 heteroatoms. The van der Waals surface area contributed by atoms with E-state index in [1.807, 2.05) is 0 Å². The van der Waals surface area contributed by atoms with E-state index >= 15 is 0 Å². The van der Waals surface area contributed by atoms with Gasteiger partial charge >= 0.3 is 0 Å². The minimum Gasteiger partial charge on any atom is -0.393 e. The van der Waals surface area contributed by atoms with Crippen LogP contribution >= 0.6 is 0 Å². The van der Waals surface area contributed by atoms with Crippen molar-refractivity contribution < 1.29 is 10.2 Å². The Bertz CT molecular complexity index is 422. The molecule has 0 aliphatic heterocycles. The average molecular weight is 292 g/mol. The molecule has 2 unspecified atom stereocenters. The van der Waals surface area contributed by atoms with E-state index in [0.717, 1.165) is 42.9 Å². The molecule has 0 aromatic carbocycles. The molecule has 2 nitrogen and oxygen atoms in total. The van der Waals surface area contributed by atoms with E-state index in [1.165, 1.54) is 38.5 Å². The minimum atomic E-state index is -0.0536. The van der Waals surface area contributed by atoms with E-state index in [-0.39, 0.29) is 17.6 Å². The summed E-state index contributed by atoms with van der Waals surface area (Å²) in [7, 11) is 0. The first kappa shape index (κ1) is 14.5. The lowest BCUT2D eigenvalue weighted by Gasteiger charge is -2.60. The third-order valence-electron chi connectivity index (χ3n) is 8.59. The first-order chi connectivity index (χ1) is 9.95. The monoisotopic (exact) mass is 292 g/mol. The van der Waals surface area contributed by atoms with Gasteiger partial charge in [-0.25, -0.2) is 0 Å². The lowest BCUT2D eigenvalue weighted by Crippen LogP contribution is -2.54. The molecule has 0 radical (unpaired) electrons. The third kappa shape index (κ3) is 1.91. The van der Waals surface area contributed by atoms with Crippen LogP contribution in [0.5, 0.6) is 0 Å². The van der Waals surface area contributed by atoms with Gasteiger partial charge in [0.15, 0.2) is 0 Å². The second kappa shape index (κ2) is 4.71. The van der Waals surface area contributed by atoms with E-state index < -0.39 is 0 Å². The van der Waals surface area contributed by atoms with Crippen LogP contribution in [0, 0.1) is 34.5 Å². The molecule has 0 aromatic rings. The highest BCUT2D eigenvalue weighted by molar-refractivity contribution is 5.09. The fourth-order valence-corrected chi connectivity index (χ4v) is 7.21. The van der Waals surface area contributed by atoms with Gasteiger partial charge in [0.1, 0.15) is 0 Å². The molecule has 2 N–H and O–H groups in total. The summed E-state index contributed by atoms with van der Waals surface area (Å²) >= 11 is 0. The van der Waals surface area contributed by atoms with Gasteiger partial charge in [0.25, 0.3) is 0 Å². The van der Waals surface area contributed by atoms with Crippen molar-refractivity contribution in [3.8, 4) is 0 Å². The van der Waals surface area contributed by atoms with E-state index in [2.05, 4.69) is 13.8 Å². The maximum absolute atomic E-state index is 10.5. The summed E-state index contributed by atoms with van der Waals surface area (Å²) in [5, 5.41) is 20.5. The zero-order chi connectivity index (χ0) is 14.8. The molecule has 8 atom stereocenters. The Hall–Kier alpha value is -0.0800. The summed E-state index contributed by atoms with van der Waals surface area (Å²) in [4.78, 5) is 0. The lowest BCUT2D eigenvalue weighted by atomic mass is 9.45. The summed E-state index contributed by atoms with van der Waals surface area (Å²) in [6.45, 7) is 4.90. The summed E-state index contributed by atoms with van der Waals surface area (Å²) < 4.78 is 0. The molecule has 0 amide bonds. The highest BCUT2D eigenvalue weighted by Gasteiger charge is 2.59. The first-order valence-electron chi connectivity index (χ1n) is 9.31. The van der Waals surface area contributed by atoms with E-state index in [9.17, 15) is 10.2 Å². The van der Waals surface area contributed by atoms with Crippen molar-refractivity contribution in [1.29, 1.82) is 0 Å². The topological polar surface area (TPSA) is 40.5 Å². The van der Waals surface area contributed by atoms with E-state index in [1.54, 1.807) is 0 Å². The van der Waals surface area contributed by atoms with Crippen molar-refractivity contribution in [2.75, 3.05) is 0 Å². The Kier molecular flexibility index (Phi) is 3.25. The van der Waals surface area contributed by atoms with Crippen LogP contribution < -0.4 is 0 Å². The highest BCUT2D eigenvalue weighted by Crippen LogP contribution is 2.66. The maximum atomic E-state index is 10.5. The third-order valence-corrected chi connectivity index (χ3v) is 8.59. The van der Waals surface area contributed by atoms with Gasteiger partial charge in [-0.3, -0.25) is 0 Å². The van der Waals surface area contributed by atoms with Crippen LogP contribution in [-0.4, -0.2) is 22.4 Å². The standard InChI is InChI=1S/C19H32O2/c1-18-9-7-13(20)11-12(18)3-4-14-15-5-6-17(21)19(15,2)10-8-16(14)18/h12-17,20-21H,3-11H2,1-2H3/t12?,13-,14+,15+,16+,17?,18+,19+/m1/s1. The zero-order valence-corrected chi connectivity index (χ0v) is 13.7. The molecule has 4 aliphatic carbocycles. The van der Waals surface area contributed by atoms with Gasteiger partial charge in [-0.2, -0.15) is 0 Å². The summed E-state index contributed by atoms with van der Waals surface area (Å²) in [5.74, 6) is 3.21. The largest absolute Gasteiger partial charge is 0.393 e. The van der Waals surface area contributed by atoms with Crippen molar-refractivity contribution in [2.24, 2.45) is 34.5 Å². The zero-order valence-electron chi connectivity index (χ0n) is 13.7. The maximum Gasteiger partial charge on any atom is 0.0596 e. The Morgan fingerprint density at radius 3 is 2.29 bits per heavy atom. The average Bonchev–Trinajstić information content (AvgIpc) is 2.76. The van der Waals surface area contributed by atoms with Gasteiger partial charge < -0.3 is 10.2 Å². The van der Waals surface area contributed by atoms with Crippen LogP contribution in [-0.2, 0) is 0 Å². The molecule has 4 aliphatic rings. The molecule has 21 heavy (non-hydrogen) atoms. The van der Waals surface area contributed by atoms with E-state index in [0.29, 0.717) is 5.41 Å². The number of fused-ring (bicyclic) bond motifs is 5. The number of hydrogen-bond acceptors (Lipinski definition) is 2. The van der Waals surface area contributed by atoms with Crippen molar-refractivity contribution in [2.45, 2.75) is 83.8 Å². The molecule has 120 valence electrons. The van der Waals surface area contributed by atoms with Crippen molar-refractivity contribution in [1.82, 2.24) is 0 Å². The predicted molar refractivity (Wildman–Crippen MR) is 83.7 cm³/mol. The van der Waals surface area contributed by atoms with Gasteiger partial charge in [0.2, 0.25) is 0 Å². The fourth-order valence-electron chi connectivity index (χ4n) is 7.21. The number of aliphatic hydroxyl groups excluding tert-OH is 2. The van der Waals surface area contributed by atoms with Crippen molar-refractivity contribution in [3.63, 3.8) is 0 Å². The number of rotatable bonds is 0. The Morgan fingerprint density at radius 2 is 1.48 bits per heavy atom. The van der Waals surface area contributed by atoms with Crippen LogP contribution in [0.25, 0.3) is 0 Å². The van der Waals surface area contributed by atoms with Crippen LogP contribution in [0.3, 0.4) is 0 Å². The van der Waals surface area contributed by atoms with Crippen LogP contribution in [0.1, 0.15) is 71.6 Å². The molecular weight excluding hydrogens is 260 g/mol. The molecule has 0 aromatic heterocycles. The predicted octanol–water partition coefficient (Wildman–Crippen LogP) is 3.75. The summed E-state index contributed by atoms with van der Waals surface area (Å²) in [5.41, 5.74) is 0.676. The van der Waals surface area contributed by atoms with Crippen LogP contribution in [0.15, 0.2) is 0 Å². The van der Waals surface area contributed by atoms with Gasteiger partial charge in [-0.1, -0.05) is 13.8 Å². The second-order valence-corrected chi connectivity index (χ2v) is 9.22. The van der Waals surface area contributed by atoms with Crippen molar-refractivity contribution >= 4 is 0 Å². The summed E-state index contributed by atoms with van der Waals surface area (Å²) in [6, 6.07) is 0. The quantitative estimate of drug-likeness (QED) is 0.714. The molecular formula is C19H32O2. The fraction of sp³-hybridized carbons (Fsp3) is 1.00. The minimum absolute atomic E-state index is 0.0400. The van der Waals surface area contributed by atoms with E-state index in [4.69, 9.17) is 0 Å². The number of aliphatic hydroxyl groups is 2. The smallest absolute Gasteiger partial charge is 0.0596 e. The molecule has 0 heterocycles. The van der Waals surface area contributed by atoms with Gasteiger partial charge in [-0.15, -0.1) is 0 Å². The first-order valence-corrected chi connectivity index (χ1v) is 9.31. The second-order valence-electron chi connectivity index (χ2n) is 9.22. The molecule has 0 saturated heterocycles. The molecule has 4 saturated carbocycles. The Morgan fingerprint density at radius 1 is 0.762 bits per heavy atom. The van der Waals surface area contributed by atoms with Gasteiger partial charge in [0.05, 0.1) is 12.2 Å². The lowest BCUT2D eigenvalue weighted by molar-refractivity contribution is -0.133. The Labute approximate surface area is 129 Å². The molecule has 4 rings (SSSR count). The summed E-state index contributed by atoms with van der Waals surface area (Å²) in [6.07, 6.45) is 10.7. The van der Waals surface area contributed by atoms with Crippen LogP contribution in [0.2, 0.25) is 0 Å². The highest BCUT2D eigenvalue weighted by atomic mass is 16.3. The molecule has 4 fully saturated rings.